The zero-order chi connectivity index (χ0) is 15.4. The minimum atomic E-state index is -0.0152. The summed E-state index contributed by atoms with van der Waals surface area (Å²) in [6, 6.07) is 17.6. The molecular weight excluding hydrogens is 276 g/mol. The van der Waals surface area contributed by atoms with E-state index in [-0.39, 0.29) is 11.8 Å². The molecule has 1 aliphatic rings. The molecule has 0 aromatic heterocycles. The third-order valence-corrected chi connectivity index (χ3v) is 3.86. The fourth-order valence-electron chi connectivity index (χ4n) is 2.50. The number of carbonyl (C=O) groups is 1. The summed E-state index contributed by atoms with van der Waals surface area (Å²) in [6.07, 6.45) is 2.53. The summed E-state index contributed by atoms with van der Waals surface area (Å²) in [5.41, 5.74) is 4.76. The second-order valence-corrected chi connectivity index (χ2v) is 5.37. The molecule has 22 heavy (non-hydrogen) atoms. The van der Waals surface area contributed by atoms with Gasteiger partial charge in [0.1, 0.15) is 5.75 Å². The minimum absolute atomic E-state index is 0.0152. The summed E-state index contributed by atoms with van der Waals surface area (Å²) in [5.74, 6) is 1.15. The predicted molar refractivity (Wildman–Crippen MR) is 86.0 cm³/mol. The lowest BCUT2D eigenvalue weighted by Gasteiger charge is -2.01. The van der Waals surface area contributed by atoms with Gasteiger partial charge in [0.05, 0.1) is 13.3 Å². The summed E-state index contributed by atoms with van der Waals surface area (Å²) in [7, 11) is 1.63. The maximum atomic E-state index is 12.0. The molecule has 1 fully saturated rings. The molecule has 1 aliphatic carbocycles. The van der Waals surface area contributed by atoms with Gasteiger partial charge in [0, 0.05) is 5.92 Å². The average molecular weight is 294 g/mol. The van der Waals surface area contributed by atoms with Crippen LogP contribution in [0.15, 0.2) is 59.7 Å². The van der Waals surface area contributed by atoms with E-state index in [4.69, 9.17) is 4.74 Å². The lowest BCUT2D eigenvalue weighted by molar-refractivity contribution is -0.122. The van der Waals surface area contributed by atoms with E-state index in [0.29, 0.717) is 5.92 Å². The van der Waals surface area contributed by atoms with E-state index in [0.717, 1.165) is 17.7 Å². The highest BCUT2D eigenvalue weighted by atomic mass is 16.5. The predicted octanol–water partition coefficient (Wildman–Crippen LogP) is 2.95. The Morgan fingerprint density at radius 3 is 2.59 bits per heavy atom. The molecule has 4 heteroatoms. The number of carbonyl (C=O) groups excluding carboxylic acids is 1. The van der Waals surface area contributed by atoms with Crippen LogP contribution >= 0.6 is 0 Å². The first-order valence-corrected chi connectivity index (χ1v) is 7.30. The Balaban J connectivity index is 1.51. The summed E-state index contributed by atoms with van der Waals surface area (Å²) >= 11 is 0. The van der Waals surface area contributed by atoms with Gasteiger partial charge in [-0.05, 0) is 47.7 Å². The molecule has 0 aliphatic heterocycles. The zero-order valence-electron chi connectivity index (χ0n) is 12.4. The van der Waals surface area contributed by atoms with Crippen molar-refractivity contribution >= 4 is 12.1 Å². The number of hydrogen-bond acceptors (Lipinski definition) is 3. The lowest BCUT2D eigenvalue weighted by Crippen LogP contribution is -2.20. The fraction of sp³-hybridized carbons (Fsp3) is 0.222. The number of hydrazone groups is 1. The summed E-state index contributed by atoms with van der Waals surface area (Å²) in [5, 5.41) is 4.02. The normalized spacial score (nSPS) is 19.9. The maximum absolute atomic E-state index is 12.0. The van der Waals surface area contributed by atoms with Gasteiger partial charge < -0.3 is 4.74 Å². The number of ether oxygens (including phenoxy) is 1. The Kier molecular flexibility index (Phi) is 4.19. The number of benzene rings is 2. The van der Waals surface area contributed by atoms with Crippen LogP contribution < -0.4 is 10.2 Å². The van der Waals surface area contributed by atoms with Crippen molar-refractivity contribution in [2.45, 2.75) is 12.3 Å². The number of hydrogen-bond donors (Lipinski definition) is 1. The number of amides is 1. The van der Waals surface area contributed by atoms with Crippen molar-refractivity contribution in [2.24, 2.45) is 11.0 Å². The molecule has 2 aromatic carbocycles. The summed E-state index contributed by atoms with van der Waals surface area (Å²) in [6.45, 7) is 0. The first-order chi connectivity index (χ1) is 10.8. The Hall–Kier alpha value is -2.62. The zero-order valence-corrected chi connectivity index (χ0v) is 12.4. The van der Waals surface area contributed by atoms with Gasteiger partial charge in [-0.15, -0.1) is 0 Å². The van der Waals surface area contributed by atoms with Gasteiger partial charge in [0.15, 0.2) is 0 Å². The van der Waals surface area contributed by atoms with Crippen LogP contribution in [0.25, 0.3) is 0 Å². The second kappa shape index (κ2) is 6.43. The topological polar surface area (TPSA) is 50.7 Å². The van der Waals surface area contributed by atoms with Crippen molar-refractivity contribution < 1.29 is 9.53 Å². The van der Waals surface area contributed by atoms with E-state index in [1.165, 1.54) is 5.56 Å². The van der Waals surface area contributed by atoms with E-state index in [1.54, 1.807) is 13.3 Å². The molecule has 0 spiro atoms. The number of methoxy groups -OCH3 is 1. The third kappa shape index (κ3) is 3.34. The lowest BCUT2D eigenvalue weighted by atomic mass is 10.1. The highest BCUT2D eigenvalue weighted by molar-refractivity contribution is 5.85. The van der Waals surface area contributed by atoms with Crippen molar-refractivity contribution in [3.63, 3.8) is 0 Å². The first kappa shape index (κ1) is 14.3. The van der Waals surface area contributed by atoms with Gasteiger partial charge >= 0.3 is 0 Å². The van der Waals surface area contributed by atoms with Gasteiger partial charge in [0.2, 0.25) is 5.91 Å². The number of nitrogens with zero attached hydrogens (tertiary/aromatic N) is 1. The largest absolute Gasteiger partial charge is 0.497 e. The third-order valence-electron chi connectivity index (χ3n) is 3.86. The highest BCUT2D eigenvalue weighted by Crippen LogP contribution is 2.47. The minimum Gasteiger partial charge on any atom is -0.497 e. The summed E-state index contributed by atoms with van der Waals surface area (Å²) in [4.78, 5) is 12.0. The van der Waals surface area contributed by atoms with Crippen molar-refractivity contribution in [3.05, 3.63) is 65.7 Å². The molecule has 0 heterocycles. The van der Waals surface area contributed by atoms with Crippen LogP contribution in [0.4, 0.5) is 0 Å². The number of nitrogens with one attached hydrogen (secondary N) is 1. The molecule has 112 valence electrons. The molecule has 1 amide bonds. The SMILES string of the molecule is COc1ccc(/C=N\NC(=O)[C@H]2C[C@H]2c2ccccc2)cc1. The molecule has 1 saturated carbocycles. The maximum Gasteiger partial charge on any atom is 0.243 e. The second-order valence-electron chi connectivity index (χ2n) is 5.37. The van der Waals surface area contributed by atoms with Crippen molar-refractivity contribution in [1.29, 1.82) is 0 Å². The van der Waals surface area contributed by atoms with Crippen LogP contribution in [0.5, 0.6) is 5.75 Å². The monoisotopic (exact) mass is 294 g/mol. The highest BCUT2D eigenvalue weighted by Gasteiger charge is 2.43. The van der Waals surface area contributed by atoms with Crippen LogP contribution in [-0.2, 0) is 4.79 Å². The Morgan fingerprint density at radius 1 is 1.18 bits per heavy atom. The van der Waals surface area contributed by atoms with Gasteiger partial charge in [0.25, 0.3) is 0 Å². The van der Waals surface area contributed by atoms with Crippen LogP contribution in [0.1, 0.15) is 23.5 Å². The average Bonchev–Trinajstić information content (AvgIpc) is 3.37. The standard InChI is InChI=1S/C18H18N2O2/c1-22-15-9-7-13(8-10-15)12-19-20-18(21)17-11-16(17)14-5-3-2-4-6-14/h2-10,12,16-17H,11H2,1H3,(H,20,21)/b19-12-/t16-,17-/m0/s1. The Morgan fingerprint density at radius 2 is 1.91 bits per heavy atom. The van der Waals surface area contributed by atoms with Gasteiger partial charge in [-0.1, -0.05) is 30.3 Å². The smallest absolute Gasteiger partial charge is 0.243 e. The van der Waals surface area contributed by atoms with Gasteiger partial charge in [-0.25, -0.2) is 5.43 Å². The molecule has 0 unspecified atom stereocenters. The molecule has 2 atom stereocenters. The fourth-order valence-corrected chi connectivity index (χ4v) is 2.50. The van der Waals surface area contributed by atoms with Crippen molar-refractivity contribution in [2.75, 3.05) is 7.11 Å². The first-order valence-electron chi connectivity index (χ1n) is 7.30. The van der Waals surface area contributed by atoms with Gasteiger partial charge in [-0.3, -0.25) is 4.79 Å². The molecule has 2 aromatic rings. The van der Waals surface area contributed by atoms with E-state index in [9.17, 15) is 4.79 Å². The van der Waals surface area contributed by atoms with Crippen LogP contribution in [0, 0.1) is 5.92 Å². The molecule has 0 saturated heterocycles. The molecule has 0 bridgehead atoms. The Labute approximate surface area is 129 Å². The molecule has 1 N–H and O–H groups in total. The van der Waals surface area contributed by atoms with Gasteiger partial charge in [-0.2, -0.15) is 5.10 Å². The molecule has 3 rings (SSSR count). The molecule has 4 nitrogen and oxygen atoms in total. The van der Waals surface area contributed by atoms with Crippen LogP contribution in [0.2, 0.25) is 0 Å². The number of rotatable bonds is 5. The van der Waals surface area contributed by atoms with E-state index in [2.05, 4.69) is 22.7 Å². The van der Waals surface area contributed by atoms with Crippen molar-refractivity contribution in [1.82, 2.24) is 5.43 Å². The summed E-state index contributed by atoms with van der Waals surface area (Å²) < 4.78 is 5.09. The quantitative estimate of drug-likeness (QED) is 0.681. The van der Waals surface area contributed by atoms with Crippen molar-refractivity contribution in [3.8, 4) is 5.75 Å². The van der Waals surface area contributed by atoms with E-state index < -0.39 is 0 Å². The molecular formula is C18H18N2O2. The Bertz CT molecular complexity index is 665. The van der Waals surface area contributed by atoms with E-state index >= 15 is 0 Å². The van der Waals surface area contributed by atoms with E-state index in [1.807, 2.05) is 42.5 Å². The van der Waals surface area contributed by atoms with Crippen LogP contribution in [0.3, 0.4) is 0 Å². The van der Waals surface area contributed by atoms with Crippen LogP contribution in [-0.4, -0.2) is 19.2 Å². The molecule has 0 radical (unpaired) electrons.